The van der Waals surface area contributed by atoms with Crippen LogP contribution in [-0.4, -0.2) is 0 Å². The van der Waals surface area contributed by atoms with Crippen molar-refractivity contribution in [3.05, 3.63) is 255 Å². The van der Waals surface area contributed by atoms with Crippen molar-refractivity contribution < 1.29 is 4.42 Å². The summed E-state index contributed by atoms with van der Waals surface area (Å²) in [5, 5.41) is 11.6. The van der Waals surface area contributed by atoms with Crippen molar-refractivity contribution in [2.75, 3.05) is 9.80 Å². The van der Waals surface area contributed by atoms with Gasteiger partial charge in [-0.3, -0.25) is 0 Å². The fraction of sp³-hybridized carbons (Fsp3) is 0. The molecule has 0 spiro atoms. The smallest absolute Gasteiger partial charge is 0.136 e. The second-order valence-electron chi connectivity index (χ2n) is 17.3. The SMILES string of the molecule is c1ccc(-c2c(N(c3ccccc3)c3ccc4cc5c(cc4c3)oc3cc4cc(N(c6ccccc6)c6ccc7ccccc7c6-c6ccccc6)ccc4cc35)ccc3ccccc23)cc1. The first kappa shape index (κ1) is 38.5. The number of nitrogens with zero attached hydrogens (tertiary/aromatic N) is 2. The fourth-order valence-electron chi connectivity index (χ4n) is 10.2. The molecule has 0 atom stereocenters. The molecule has 0 saturated carbocycles. The predicted octanol–water partition coefficient (Wildman–Crippen LogP) is 18.5. The standard InChI is InChI=1S/C64H42N2O/c1-5-19-45(20-6-1)63-55-27-15-13-17-43(55)31-35-59(63)65(51-23-9-3-10-24-51)53-33-29-47-39-57-58-40-48-30-34-54(38-50(48)42-62(58)67-61(57)41-49(47)37-53)66(52-25-11-4-12-26-52)60-36-32-44-18-14-16-28-56(44)64(60)46-21-7-2-8-22-46/h1-42H. The summed E-state index contributed by atoms with van der Waals surface area (Å²) in [6.07, 6.45) is 0. The molecule has 0 fully saturated rings. The van der Waals surface area contributed by atoms with Crippen LogP contribution >= 0.6 is 0 Å². The second kappa shape index (κ2) is 16.0. The van der Waals surface area contributed by atoms with Crippen LogP contribution in [0.1, 0.15) is 0 Å². The molecular formula is C64H42N2O. The average Bonchev–Trinajstić information content (AvgIpc) is 3.73. The second-order valence-corrected chi connectivity index (χ2v) is 17.3. The van der Waals surface area contributed by atoms with Gasteiger partial charge in [-0.25, -0.2) is 0 Å². The third-order valence-electron chi connectivity index (χ3n) is 13.3. The van der Waals surface area contributed by atoms with Crippen LogP contribution in [0.25, 0.3) is 87.3 Å². The first-order chi connectivity index (χ1) is 33.2. The molecule has 0 unspecified atom stereocenters. The molecule has 13 rings (SSSR count). The number of fused-ring (bicyclic) bond motifs is 7. The number of benzene rings is 12. The topological polar surface area (TPSA) is 19.6 Å². The van der Waals surface area contributed by atoms with Gasteiger partial charge in [-0.15, -0.1) is 0 Å². The molecule has 0 aliphatic rings. The third-order valence-corrected chi connectivity index (χ3v) is 13.3. The number of para-hydroxylation sites is 2. The average molecular weight is 855 g/mol. The van der Waals surface area contributed by atoms with E-state index in [0.29, 0.717) is 0 Å². The van der Waals surface area contributed by atoms with Gasteiger partial charge >= 0.3 is 0 Å². The Kier molecular flexibility index (Phi) is 9.17. The molecule has 0 bridgehead atoms. The Balaban J connectivity index is 0.948. The van der Waals surface area contributed by atoms with Crippen LogP contribution < -0.4 is 9.80 Å². The highest BCUT2D eigenvalue weighted by Crippen LogP contribution is 2.47. The molecule has 1 heterocycles. The highest BCUT2D eigenvalue weighted by molar-refractivity contribution is 6.15. The summed E-state index contributed by atoms with van der Waals surface area (Å²) in [4.78, 5) is 4.78. The molecule has 12 aromatic carbocycles. The lowest BCUT2D eigenvalue weighted by Gasteiger charge is -2.29. The van der Waals surface area contributed by atoms with Gasteiger partial charge in [0.05, 0.1) is 11.4 Å². The van der Waals surface area contributed by atoms with E-state index in [2.05, 4.69) is 265 Å². The maximum atomic E-state index is 6.83. The van der Waals surface area contributed by atoms with Crippen molar-refractivity contribution in [2.45, 2.75) is 0 Å². The largest absolute Gasteiger partial charge is 0.456 e. The van der Waals surface area contributed by atoms with Crippen LogP contribution in [0.15, 0.2) is 259 Å². The van der Waals surface area contributed by atoms with Gasteiger partial charge in [0.1, 0.15) is 11.2 Å². The summed E-state index contributed by atoms with van der Waals surface area (Å²) in [6, 6.07) is 91.9. The normalized spacial score (nSPS) is 11.6. The van der Waals surface area contributed by atoms with Gasteiger partial charge in [0.2, 0.25) is 0 Å². The molecule has 13 aromatic rings. The van der Waals surface area contributed by atoms with Crippen LogP contribution in [0.5, 0.6) is 0 Å². The maximum Gasteiger partial charge on any atom is 0.136 e. The molecule has 0 amide bonds. The van der Waals surface area contributed by atoms with E-state index in [1.807, 2.05) is 0 Å². The van der Waals surface area contributed by atoms with Gasteiger partial charge in [-0.1, -0.05) is 170 Å². The Bertz CT molecular complexity index is 3720. The van der Waals surface area contributed by atoms with Crippen LogP contribution in [0, 0.1) is 0 Å². The Morgan fingerprint density at radius 3 is 1.04 bits per heavy atom. The molecule has 0 aliphatic carbocycles. The molecule has 67 heavy (non-hydrogen) atoms. The van der Waals surface area contributed by atoms with Crippen LogP contribution in [0.4, 0.5) is 34.1 Å². The summed E-state index contributed by atoms with van der Waals surface area (Å²) in [5.41, 5.74) is 13.1. The lowest BCUT2D eigenvalue weighted by atomic mass is 9.95. The van der Waals surface area contributed by atoms with Crippen LogP contribution in [0.2, 0.25) is 0 Å². The molecule has 0 aliphatic heterocycles. The summed E-state index contributed by atoms with van der Waals surface area (Å²) >= 11 is 0. The van der Waals surface area contributed by atoms with Crippen LogP contribution in [0.3, 0.4) is 0 Å². The Labute approximate surface area is 388 Å². The van der Waals surface area contributed by atoms with Gasteiger partial charge in [-0.2, -0.15) is 0 Å². The van der Waals surface area contributed by atoms with Crippen molar-refractivity contribution in [1.29, 1.82) is 0 Å². The first-order valence-electron chi connectivity index (χ1n) is 22.9. The van der Waals surface area contributed by atoms with Crippen molar-refractivity contribution in [3.63, 3.8) is 0 Å². The van der Waals surface area contributed by atoms with E-state index in [-0.39, 0.29) is 0 Å². The van der Waals surface area contributed by atoms with E-state index < -0.39 is 0 Å². The molecular weight excluding hydrogens is 813 g/mol. The maximum absolute atomic E-state index is 6.83. The summed E-state index contributed by atoms with van der Waals surface area (Å²) in [7, 11) is 0. The quantitative estimate of drug-likeness (QED) is 0.152. The molecule has 0 N–H and O–H groups in total. The minimum atomic E-state index is 0.867. The van der Waals surface area contributed by atoms with Crippen molar-refractivity contribution in [1.82, 2.24) is 0 Å². The molecule has 314 valence electrons. The van der Waals surface area contributed by atoms with E-state index in [9.17, 15) is 0 Å². The molecule has 0 saturated heterocycles. The first-order valence-corrected chi connectivity index (χ1v) is 22.9. The van der Waals surface area contributed by atoms with Crippen molar-refractivity contribution in [3.8, 4) is 22.3 Å². The van der Waals surface area contributed by atoms with Gasteiger partial charge in [-0.05, 0) is 139 Å². The lowest BCUT2D eigenvalue weighted by molar-refractivity contribution is 0.670. The predicted molar refractivity (Wildman–Crippen MR) is 284 cm³/mol. The Morgan fingerprint density at radius 2 is 0.612 bits per heavy atom. The van der Waals surface area contributed by atoms with E-state index in [1.54, 1.807) is 0 Å². The molecule has 1 aromatic heterocycles. The summed E-state index contributed by atoms with van der Waals surface area (Å²) in [5.74, 6) is 0. The number of hydrogen-bond acceptors (Lipinski definition) is 3. The minimum absolute atomic E-state index is 0.867. The molecule has 0 radical (unpaired) electrons. The van der Waals surface area contributed by atoms with Crippen LogP contribution in [-0.2, 0) is 0 Å². The van der Waals surface area contributed by atoms with Gasteiger partial charge in [0.15, 0.2) is 0 Å². The van der Waals surface area contributed by atoms with E-state index in [4.69, 9.17) is 4.42 Å². The zero-order valence-corrected chi connectivity index (χ0v) is 36.6. The van der Waals surface area contributed by atoms with E-state index >= 15 is 0 Å². The number of furan rings is 1. The molecule has 3 heteroatoms. The monoisotopic (exact) mass is 854 g/mol. The highest BCUT2D eigenvalue weighted by atomic mass is 16.3. The number of rotatable bonds is 8. The summed E-state index contributed by atoms with van der Waals surface area (Å²) in [6.45, 7) is 0. The number of anilines is 6. The van der Waals surface area contributed by atoms with Gasteiger partial charge in [0, 0.05) is 44.6 Å². The Morgan fingerprint density at radius 1 is 0.239 bits per heavy atom. The van der Waals surface area contributed by atoms with Gasteiger partial charge in [0.25, 0.3) is 0 Å². The number of hydrogen-bond donors (Lipinski definition) is 0. The fourth-order valence-corrected chi connectivity index (χ4v) is 10.2. The molecule has 3 nitrogen and oxygen atoms in total. The minimum Gasteiger partial charge on any atom is -0.456 e. The Hall–Kier alpha value is -8.92. The van der Waals surface area contributed by atoms with E-state index in [0.717, 1.165) is 77.6 Å². The zero-order valence-electron chi connectivity index (χ0n) is 36.6. The third kappa shape index (κ3) is 6.67. The van der Waals surface area contributed by atoms with Crippen molar-refractivity contribution in [2.24, 2.45) is 0 Å². The highest BCUT2D eigenvalue weighted by Gasteiger charge is 2.22. The summed E-state index contributed by atoms with van der Waals surface area (Å²) < 4.78 is 6.83. The van der Waals surface area contributed by atoms with Gasteiger partial charge < -0.3 is 14.2 Å². The zero-order chi connectivity index (χ0) is 44.3. The van der Waals surface area contributed by atoms with E-state index in [1.165, 1.54) is 43.8 Å². The van der Waals surface area contributed by atoms with Crippen molar-refractivity contribution >= 4 is 99.2 Å². The lowest BCUT2D eigenvalue weighted by Crippen LogP contribution is -2.11.